The molecular formula is C18H19ClN2O4S2. The van der Waals surface area contributed by atoms with Crippen LogP contribution >= 0.6 is 22.9 Å². The number of hydrogen-bond donors (Lipinski definition) is 1. The molecule has 0 saturated carbocycles. The van der Waals surface area contributed by atoms with E-state index in [9.17, 15) is 13.2 Å². The first-order valence-electron chi connectivity index (χ1n) is 8.76. The predicted octanol–water partition coefficient (Wildman–Crippen LogP) is 3.19. The Labute approximate surface area is 167 Å². The summed E-state index contributed by atoms with van der Waals surface area (Å²) in [7, 11) is -3.73. The number of amides is 1. The van der Waals surface area contributed by atoms with E-state index in [1.807, 2.05) is 24.3 Å². The number of thiophene rings is 1. The van der Waals surface area contributed by atoms with Crippen molar-refractivity contribution < 1.29 is 17.9 Å². The van der Waals surface area contributed by atoms with Gasteiger partial charge in [-0.2, -0.15) is 4.31 Å². The molecule has 0 spiro atoms. The summed E-state index contributed by atoms with van der Waals surface area (Å²) in [6.45, 7) is 0.850. The Hall–Kier alpha value is -1.61. The van der Waals surface area contributed by atoms with E-state index in [2.05, 4.69) is 5.32 Å². The van der Waals surface area contributed by atoms with Gasteiger partial charge in [-0.25, -0.2) is 8.42 Å². The van der Waals surface area contributed by atoms with Gasteiger partial charge in [0.05, 0.1) is 17.0 Å². The molecule has 2 aliphatic heterocycles. The van der Waals surface area contributed by atoms with E-state index in [0.29, 0.717) is 36.8 Å². The summed E-state index contributed by atoms with van der Waals surface area (Å²) in [6.07, 6.45) is 1.82. The van der Waals surface area contributed by atoms with Crippen LogP contribution in [-0.4, -0.2) is 37.8 Å². The Morgan fingerprint density at radius 2 is 2.04 bits per heavy atom. The molecule has 0 aliphatic carbocycles. The van der Waals surface area contributed by atoms with Crippen molar-refractivity contribution >= 4 is 38.9 Å². The van der Waals surface area contributed by atoms with Gasteiger partial charge in [0.1, 0.15) is 16.0 Å². The molecule has 0 unspecified atom stereocenters. The van der Waals surface area contributed by atoms with Crippen molar-refractivity contribution in [1.29, 1.82) is 0 Å². The van der Waals surface area contributed by atoms with Gasteiger partial charge in [-0.3, -0.25) is 4.79 Å². The maximum atomic E-state index is 12.9. The number of nitrogens with one attached hydrogen (secondary N) is 1. The third-order valence-electron chi connectivity index (χ3n) is 4.89. The summed E-state index contributed by atoms with van der Waals surface area (Å²) in [5.41, 5.74) is 0.926. The van der Waals surface area contributed by atoms with Crippen LogP contribution < -0.4 is 10.1 Å². The SMILES string of the molecule is O=C(N[C@H]1CCOc2ccccc21)[C@@H]1CCCN1S(=O)(=O)c1ccc(Cl)s1. The molecule has 2 atom stereocenters. The summed E-state index contributed by atoms with van der Waals surface area (Å²) < 4.78 is 33.4. The Morgan fingerprint density at radius 3 is 2.81 bits per heavy atom. The van der Waals surface area contributed by atoms with Crippen LogP contribution in [-0.2, 0) is 14.8 Å². The van der Waals surface area contributed by atoms with Gasteiger partial charge in [0, 0.05) is 18.5 Å². The summed E-state index contributed by atoms with van der Waals surface area (Å²) >= 11 is 6.90. The highest BCUT2D eigenvalue weighted by atomic mass is 35.5. The molecule has 3 heterocycles. The molecule has 1 aromatic heterocycles. The van der Waals surface area contributed by atoms with Crippen molar-refractivity contribution in [3.05, 3.63) is 46.3 Å². The summed E-state index contributed by atoms with van der Waals surface area (Å²) in [5, 5.41) is 3.03. The molecule has 27 heavy (non-hydrogen) atoms. The first-order chi connectivity index (χ1) is 13.0. The molecule has 0 bridgehead atoms. The number of rotatable bonds is 4. The standard InChI is InChI=1S/C18H19ClN2O4S2/c19-16-7-8-17(26-16)27(23,24)21-10-3-5-14(21)18(22)20-13-9-11-25-15-6-2-1-4-12(13)15/h1-2,4,6-8,13-14H,3,5,9-11H2,(H,20,22)/t13-,14-/m0/s1. The zero-order chi connectivity index (χ0) is 19.0. The third kappa shape index (κ3) is 3.59. The average Bonchev–Trinajstić information content (AvgIpc) is 3.32. The lowest BCUT2D eigenvalue weighted by atomic mass is 10.00. The van der Waals surface area contributed by atoms with Crippen molar-refractivity contribution in [3.63, 3.8) is 0 Å². The summed E-state index contributed by atoms with van der Waals surface area (Å²) in [4.78, 5) is 12.9. The molecule has 2 aromatic rings. The van der Waals surface area contributed by atoms with Crippen LogP contribution in [0.2, 0.25) is 4.34 Å². The number of halogens is 1. The highest BCUT2D eigenvalue weighted by Crippen LogP contribution is 2.34. The number of para-hydroxylation sites is 1. The average molecular weight is 427 g/mol. The minimum absolute atomic E-state index is 0.170. The van der Waals surface area contributed by atoms with Crippen molar-refractivity contribution in [1.82, 2.24) is 9.62 Å². The smallest absolute Gasteiger partial charge is 0.253 e. The van der Waals surface area contributed by atoms with Gasteiger partial charge in [0.25, 0.3) is 10.0 Å². The second kappa shape index (κ2) is 7.43. The fourth-order valence-corrected chi connectivity index (χ4v) is 6.87. The van der Waals surface area contributed by atoms with E-state index < -0.39 is 16.1 Å². The fraction of sp³-hybridized carbons (Fsp3) is 0.389. The zero-order valence-corrected chi connectivity index (χ0v) is 16.8. The summed E-state index contributed by atoms with van der Waals surface area (Å²) in [6, 6.07) is 9.76. The number of sulfonamides is 1. The Morgan fingerprint density at radius 1 is 1.22 bits per heavy atom. The van der Waals surface area contributed by atoms with Gasteiger partial charge in [0.15, 0.2) is 0 Å². The zero-order valence-electron chi connectivity index (χ0n) is 14.4. The normalized spacial score (nSPS) is 22.9. The van der Waals surface area contributed by atoms with Gasteiger partial charge in [0.2, 0.25) is 5.91 Å². The minimum Gasteiger partial charge on any atom is -0.493 e. The van der Waals surface area contributed by atoms with Crippen molar-refractivity contribution in [2.75, 3.05) is 13.2 Å². The van der Waals surface area contributed by atoms with Crippen LogP contribution in [0.3, 0.4) is 0 Å². The molecule has 1 aromatic carbocycles. The molecule has 1 fully saturated rings. The molecular weight excluding hydrogens is 408 g/mol. The number of benzene rings is 1. The quantitative estimate of drug-likeness (QED) is 0.814. The second-order valence-corrected chi connectivity index (χ2v) is 10.4. The molecule has 144 valence electrons. The maximum absolute atomic E-state index is 12.9. The van der Waals surface area contributed by atoms with Crippen LogP contribution in [0.15, 0.2) is 40.6 Å². The second-order valence-electron chi connectivity index (χ2n) is 6.57. The number of nitrogens with zero attached hydrogens (tertiary/aromatic N) is 1. The highest BCUT2D eigenvalue weighted by molar-refractivity contribution is 7.91. The fourth-order valence-electron chi connectivity index (χ4n) is 3.60. The Balaban J connectivity index is 1.54. The molecule has 4 rings (SSSR count). The predicted molar refractivity (Wildman–Crippen MR) is 104 cm³/mol. The Bertz CT molecular complexity index is 960. The van der Waals surface area contributed by atoms with E-state index in [0.717, 1.165) is 22.6 Å². The molecule has 9 heteroatoms. The van der Waals surface area contributed by atoms with Gasteiger partial charge >= 0.3 is 0 Å². The van der Waals surface area contributed by atoms with Gasteiger partial charge < -0.3 is 10.1 Å². The van der Waals surface area contributed by atoms with E-state index in [4.69, 9.17) is 16.3 Å². The van der Waals surface area contributed by atoms with Crippen LogP contribution in [0.4, 0.5) is 0 Å². The minimum atomic E-state index is -3.73. The van der Waals surface area contributed by atoms with Crippen LogP contribution in [0.5, 0.6) is 5.75 Å². The Kier molecular flexibility index (Phi) is 5.15. The maximum Gasteiger partial charge on any atom is 0.253 e. The molecule has 0 radical (unpaired) electrons. The van der Waals surface area contributed by atoms with E-state index in [-0.39, 0.29) is 16.2 Å². The van der Waals surface area contributed by atoms with Crippen molar-refractivity contribution in [3.8, 4) is 5.75 Å². The topological polar surface area (TPSA) is 75.7 Å². The molecule has 1 N–H and O–H groups in total. The van der Waals surface area contributed by atoms with Gasteiger partial charge in [-0.15, -0.1) is 11.3 Å². The number of hydrogen-bond acceptors (Lipinski definition) is 5. The van der Waals surface area contributed by atoms with Crippen LogP contribution in [0.25, 0.3) is 0 Å². The largest absolute Gasteiger partial charge is 0.493 e. The molecule has 1 amide bonds. The van der Waals surface area contributed by atoms with Gasteiger partial charge in [-0.1, -0.05) is 29.8 Å². The number of carbonyl (C=O) groups is 1. The lowest BCUT2D eigenvalue weighted by Crippen LogP contribution is -2.47. The molecule has 2 aliphatic rings. The van der Waals surface area contributed by atoms with E-state index in [1.54, 1.807) is 6.07 Å². The number of carbonyl (C=O) groups excluding carboxylic acids is 1. The monoisotopic (exact) mass is 426 g/mol. The first-order valence-corrected chi connectivity index (χ1v) is 11.4. The molecule has 6 nitrogen and oxygen atoms in total. The van der Waals surface area contributed by atoms with Gasteiger partial charge in [-0.05, 0) is 31.0 Å². The first kappa shape index (κ1) is 18.7. The highest BCUT2D eigenvalue weighted by Gasteiger charge is 2.41. The lowest BCUT2D eigenvalue weighted by molar-refractivity contribution is -0.125. The molecule has 1 saturated heterocycles. The van der Waals surface area contributed by atoms with Crippen LogP contribution in [0, 0.1) is 0 Å². The number of fused-ring (bicyclic) bond motifs is 1. The summed E-state index contributed by atoms with van der Waals surface area (Å²) in [5.74, 6) is 0.499. The van der Waals surface area contributed by atoms with Crippen molar-refractivity contribution in [2.24, 2.45) is 0 Å². The van der Waals surface area contributed by atoms with E-state index in [1.165, 1.54) is 10.4 Å². The third-order valence-corrected chi connectivity index (χ3v) is 8.50. The number of ether oxygens (including phenoxy) is 1. The lowest BCUT2D eigenvalue weighted by Gasteiger charge is -2.29. The van der Waals surface area contributed by atoms with E-state index >= 15 is 0 Å². The van der Waals surface area contributed by atoms with Crippen LogP contribution in [0.1, 0.15) is 30.9 Å². The van der Waals surface area contributed by atoms with Crippen molar-refractivity contribution in [2.45, 2.75) is 35.6 Å².